The van der Waals surface area contributed by atoms with Crippen LogP contribution in [0.1, 0.15) is 63.5 Å². The number of ketones is 2. The molecule has 1 heterocycles. The zero-order valence-electron chi connectivity index (χ0n) is 13.4. The average molecular weight is 365 g/mol. The van der Waals surface area contributed by atoms with Gasteiger partial charge in [0.05, 0.1) is 0 Å². The molecule has 2 aliphatic rings. The molecule has 1 aromatic rings. The lowest BCUT2D eigenvalue weighted by molar-refractivity contribution is -0.184. The Balaban J connectivity index is 2.14. The van der Waals surface area contributed by atoms with Crippen LogP contribution in [0.4, 0.5) is 0 Å². The Morgan fingerprint density at radius 2 is 1.55 bits per heavy atom. The number of ether oxygens (including phenoxy) is 1. The van der Waals surface area contributed by atoms with Crippen LogP contribution in [0.15, 0.2) is 22.7 Å². The highest BCUT2D eigenvalue weighted by Crippen LogP contribution is 2.47. The number of hydrogen-bond acceptors (Lipinski definition) is 3. The Morgan fingerprint density at radius 1 is 1.00 bits per heavy atom. The quantitative estimate of drug-likeness (QED) is 0.740. The molecule has 0 bridgehead atoms. The molecule has 1 aliphatic heterocycles. The molecule has 0 spiro atoms. The van der Waals surface area contributed by atoms with E-state index in [1.807, 2.05) is 18.2 Å². The van der Waals surface area contributed by atoms with Crippen LogP contribution in [0.2, 0.25) is 0 Å². The summed E-state index contributed by atoms with van der Waals surface area (Å²) in [5.41, 5.74) is 0.0934. The summed E-state index contributed by atoms with van der Waals surface area (Å²) in [5, 5.41) is 0. The zero-order chi connectivity index (χ0) is 16.3. The van der Waals surface area contributed by atoms with E-state index < -0.39 is 17.1 Å². The van der Waals surface area contributed by atoms with Gasteiger partial charge in [0, 0.05) is 4.47 Å². The standard InChI is InChI=1S/C18H21BrO3/c1-17(2)15(20)14(16(21)18(3,4)22-17)13-9-11(19)7-8-12(13)10-5-6-10/h7-10,14H,5-6H2,1-4H3. The topological polar surface area (TPSA) is 43.4 Å². The molecule has 0 radical (unpaired) electrons. The highest BCUT2D eigenvalue weighted by Gasteiger charge is 2.53. The minimum absolute atomic E-state index is 0.142. The summed E-state index contributed by atoms with van der Waals surface area (Å²) in [4.78, 5) is 25.8. The second kappa shape index (κ2) is 5.00. The highest BCUT2D eigenvalue weighted by atomic mass is 79.9. The number of hydrogen-bond donors (Lipinski definition) is 0. The summed E-state index contributed by atoms with van der Waals surface area (Å²) in [7, 11) is 0. The van der Waals surface area contributed by atoms with Gasteiger partial charge in [0.15, 0.2) is 11.6 Å². The Hall–Kier alpha value is -1.00. The number of benzene rings is 1. The van der Waals surface area contributed by atoms with Crippen molar-refractivity contribution in [3.05, 3.63) is 33.8 Å². The Labute approximate surface area is 139 Å². The summed E-state index contributed by atoms with van der Waals surface area (Å²) >= 11 is 3.48. The summed E-state index contributed by atoms with van der Waals surface area (Å²) in [6.45, 7) is 7.02. The maximum atomic E-state index is 12.9. The van der Waals surface area contributed by atoms with Crippen LogP contribution >= 0.6 is 15.9 Å². The van der Waals surface area contributed by atoms with Gasteiger partial charge in [-0.1, -0.05) is 22.0 Å². The van der Waals surface area contributed by atoms with Gasteiger partial charge in [0.1, 0.15) is 17.1 Å². The average Bonchev–Trinajstić information content (AvgIpc) is 3.21. The highest BCUT2D eigenvalue weighted by molar-refractivity contribution is 9.10. The fraction of sp³-hybridized carbons (Fsp3) is 0.556. The number of halogens is 1. The van der Waals surface area contributed by atoms with Crippen molar-refractivity contribution in [2.45, 2.75) is 63.6 Å². The number of carbonyl (C=O) groups is 2. The van der Waals surface area contributed by atoms with E-state index in [2.05, 4.69) is 15.9 Å². The fourth-order valence-electron chi connectivity index (χ4n) is 3.40. The third-order valence-electron chi connectivity index (χ3n) is 4.60. The van der Waals surface area contributed by atoms with E-state index >= 15 is 0 Å². The second-order valence-corrected chi connectivity index (χ2v) is 8.25. The Kier molecular flexibility index (Phi) is 3.61. The molecule has 1 aliphatic carbocycles. The van der Waals surface area contributed by atoms with Gasteiger partial charge in [-0.15, -0.1) is 0 Å². The van der Waals surface area contributed by atoms with Gasteiger partial charge in [-0.05, 0) is 69.7 Å². The van der Waals surface area contributed by atoms with E-state index in [1.54, 1.807) is 27.7 Å². The third kappa shape index (κ3) is 2.56. The zero-order valence-corrected chi connectivity index (χ0v) is 15.0. The van der Waals surface area contributed by atoms with Crippen molar-refractivity contribution >= 4 is 27.5 Å². The van der Waals surface area contributed by atoms with Crippen LogP contribution in [0.3, 0.4) is 0 Å². The van der Waals surface area contributed by atoms with Crippen LogP contribution in [-0.4, -0.2) is 22.8 Å². The molecule has 1 aromatic carbocycles. The second-order valence-electron chi connectivity index (χ2n) is 7.33. The van der Waals surface area contributed by atoms with E-state index in [1.165, 1.54) is 0 Å². The predicted molar refractivity (Wildman–Crippen MR) is 88.1 cm³/mol. The molecule has 4 heteroatoms. The maximum Gasteiger partial charge on any atom is 0.179 e. The molecule has 3 rings (SSSR count). The van der Waals surface area contributed by atoms with Crippen LogP contribution in [-0.2, 0) is 14.3 Å². The first-order valence-corrected chi connectivity index (χ1v) is 8.51. The normalized spacial score (nSPS) is 24.6. The van der Waals surface area contributed by atoms with Crippen LogP contribution in [0.5, 0.6) is 0 Å². The molecule has 22 heavy (non-hydrogen) atoms. The van der Waals surface area contributed by atoms with Gasteiger partial charge in [0.2, 0.25) is 0 Å². The monoisotopic (exact) mass is 364 g/mol. The molecular weight excluding hydrogens is 344 g/mol. The fourth-order valence-corrected chi connectivity index (χ4v) is 3.78. The van der Waals surface area contributed by atoms with E-state index in [9.17, 15) is 9.59 Å². The lowest BCUT2D eigenvalue weighted by atomic mass is 9.73. The van der Waals surface area contributed by atoms with Gasteiger partial charge in [-0.25, -0.2) is 0 Å². The smallest absolute Gasteiger partial charge is 0.179 e. The molecule has 2 fully saturated rings. The van der Waals surface area contributed by atoms with Crippen molar-refractivity contribution in [3.63, 3.8) is 0 Å². The summed E-state index contributed by atoms with van der Waals surface area (Å²) in [5.74, 6) is -0.529. The minimum Gasteiger partial charge on any atom is -0.354 e. The number of Topliss-reactive ketones (excluding diaryl/α,β-unsaturated/α-hetero) is 2. The first-order chi connectivity index (χ1) is 10.1. The molecule has 1 saturated heterocycles. The van der Waals surface area contributed by atoms with Crippen LogP contribution in [0.25, 0.3) is 0 Å². The lowest BCUT2D eigenvalue weighted by Crippen LogP contribution is -2.58. The molecule has 118 valence electrons. The molecule has 0 unspecified atom stereocenters. The van der Waals surface area contributed by atoms with Crippen molar-refractivity contribution < 1.29 is 14.3 Å². The molecule has 1 saturated carbocycles. The van der Waals surface area contributed by atoms with Gasteiger partial charge in [0.25, 0.3) is 0 Å². The van der Waals surface area contributed by atoms with Gasteiger partial charge >= 0.3 is 0 Å². The van der Waals surface area contributed by atoms with Crippen molar-refractivity contribution in [3.8, 4) is 0 Å². The van der Waals surface area contributed by atoms with Crippen molar-refractivity contribution in [1.82, 2.24) is 0 Å². The minimum atomic E-state index is -0.953. The molecule has 0 atom stereocenters. The molecule has 3 nitrogen and oxygen atoms in total. The van der Waals surface area contributed by atoms with Crippen molar-refractivity contribution in [2.75, 3.05) is 0 Å². The van der Waals surface area contributed by atoms with E-state index in [0.29, 0.717) is 5.92 Å². The van der Waals surface area contributed by atoms with Gasteiger partial charge < -0.3 is 4.74 Å². The molecular formula is C18H21BrO3. The Morgan fingerprint density at radius 3 is 2.05 bits per heavy atom. The third-order valence-corrected chi connectivity index (χ3v) is 5.09. The summed E-state index contributed by atoms with van der Waals surface area (Å²) in [6.07, 6.45) is 2.26. The van der Waals surface area contributed by atoms with Crippen molar-refractivity contribution in [2.24, 2.45) is 0 Å². The Bertz CT molecular complexity index is 630. The first-order valence-electron chi connectivity index (χ1n) is 7.71. The predicted octanol–water partition coefficient (Wildman–Crippen LogP) is 4.14. The largest absolute Gasteiger partial charge is 0.354 e. The lowest BCUT2D eigenvalue weighted by Gasteiger charge is -2.43. The number of carbonyl (C=O) groups excluding carboxylic acids is 2. The molecule has 0 aromatic heterocycles. The van der Waals surface area contributed by atoms with Crippen molar-refractivity contribution in [1.29, 1.82) is 0 Å². The number of rotatable bonds is 2. The SMILES string of the molecule is CC1(C)OC(C)(C)C(=O)C(c2cc(Br)ccc2C2CC2)C1=O. The maximum absolute atomic E-state index is 12.9. The molecule has 0 N–H and O–H groups in total. The summed E-state index contributed by atoms with van der Waals surface area (Å²) < 4.78 is 6.67. The van der Waals surface area contributed by atoms with Gasteiger partial charge in [-0.2, -0.15) is 0 Å². The summed E-state index contributed by atoms with van der Waals surface area (Å²) in [6, 6.07) is 5.97. The van der Waals surface area contributed by atoms with E-state index in [4.69, 9.17) is 4.74 Å². The first kappa shape index (κ1) is 15.9. The van der Waals surface area contributed by atoms with Crippen LogP contribution < -0.4 is 0 Å². The van der Waals surface area contributed by atoms with E-state index in [0.717, 1.165) is 28.4 Å². The van der Waals surface area contributed by atoms with Crippen LogP contribution in [0, 0.1) is 0 Å². The van der Waals surface area contributed by atoms with E-state index in [-0.39, 0.29) is 11.6 Å². The molecule has 0 amide bonds. The van der Waals surface area contributed by atoms with Gasteiger partial charge in [-0.3, -0.25) is 9.59 Å².